The molecule has 1 spiro atoms. The molecule has 4 aromatic carbocycles. The summed E-state index contributed by atoms with van der Waals surface area (Å²) >= 11 is 13.8. The van der Waals surface area contributed by atoms with Gasteiger partial charge in [-0.25, -0.2) is 10.0 Å². The van der Waals surface area contributed by atoms with E-state index in [0.717, 1.165) is 33.8 Å². The standard InChI is InChI=1S/C29H20Cl2N4OS/c1-19(36)28-33-35(24-17-15-22(31)16-18-24)29(37-28)26-10-6-5-9-25(26)27(20-11-13-21(30)14-12-20)32-34(29)23-7-3-2-4-8-23/h2-18H,1H3/t29-/m1/s1. The van der Waals surface area contributed by atoms with Crippen molar-refractivity contribution in [3.05, 3.63) is 130 Å². The largest absolute Gasteiger partial charge is 0.292 e. The number of fused-ring (bicyclic) bond motifs is 2. The number of anilines is 2. The molecule has 0 amide bonds. The molecule has 37 heavy (non-hydrogen) atoms. The molecule has 0 aromatic heterocycles. The molecule has 182 valence electrons. The van der Waals surface area contributed by atoms with E-state index in [4.69, 9.17) is 33.4 Å². The van der Waals surface area contributed by atoms with E-state index >= 15 is 0 Å². The number of halogens is 2. The Morgan fingerprint density at radius 3 is 1.97 bits per heavy atom. The molecule has 2 heterocycles. The fraction of sp³-hybridized carbons (Fsp3) is 0.0690. The Hall–Kier alpha value is -3.58. The quantitative estimate of drug-likeness (QED) is 0.267. The van der Waals surface area contributed by atoms with Crippen molar-refractivity contribution in [1.82, 2.24) is 0 Å². The molecule has 2 aliphatic rings. The second kappa shape index (κ2) is 9.38. The molecule has 0 bridgehead atoms. The summed E-state index contributed by atoms with van der Waals surface area (Å²) in [5.41, 5.74) is 5.28. The van der Waals surface area contributed by atoms with Gasteiger partial charge < -0.3 is 0 Å². The van der Waals surface area contributed by atoms with Gasteiger partial charge in [0.2, 0.25) is 4.99 Å². The number of Topliss-reactive ketones (excluding diaryl/α,β-unsaturated/α-hetero) is 1. The molecule has 0 saturated carbocycles. The molecule has 0 saturated heterocycles. The highest BCUT2D eigenvalue weighted by Gasteiger charge is 2.55. The van der Waals surface area contributed by atoms with Crippen LogP contribution < -0.4 is 10.0 Å². The molecule has 0 unspecified atom stereocenters. The Kier molecular flexibility index (Phi) is 6.03. The Labute approximate surface area is 229 Å². The van der Waals surface area contributed by atoms with Crippen LogP contribution in [-0.2, 0) is 9.79 Å². The Morgan fingerprint density at radius 1 is 0.730 bits per heavy atom. The van der Waals surface area contributed by atoms with E-state index in [1.54, 1.807) is 0 Å². The van der Waals surface area contributed by atoms with Crippen LogP contribution in [0.3, 0.4) is 0 Å². The average Bonchev–Trinajstić information content (AvgIpc) is 3.32. The van der Waals surface area contributed by atoms with E-state index in [1.165, 1.54) is 18.7 Å². The summed E-state index contributed by atoms with van der Waals surface area (Å²) in [6, 6.07) is 33.2. The fourth-order valence-electron chi connectivity index (χ4n) is 4.55. The molecule has 2 aliphatic heterocycles. The highest BCUT2D eigenvalue weighted by molar-refractivity contribution is 8.17. The van der Waals surface area contributed by atoms with E-state index < -0.39 is 4.99 Å². The summed E-state index contributed by atoms with van der Waals surface area (Å²) in [4.78, 5) is 11.7. The van der Waals surface area contributed by atoms with Gasteiger partial charge >= 0.3 is 0 Å². The van der Waals surface area contributed by atoms with Gasteiger partial charge in [0.1, 0.15) is 0 Å². The predicted molar refractivity (Wildman–Crippen MR) is 154 cm³/mol. The lowest BCUT2D eigenvalue weighted by molar-refractivity contribution is -0.110. The maximum absolute atomic E-state index is 12.7. The topological polar surface area (TPSA) is 48.3 Å². The summed E-state index contributed by atoms with van der Waals surface area (Å²) < 4.78 is 0. The van der Waals surface area contributed by atoms with Gasteiger partial charge in [0.25, 0.3) is 0 Å². The molecule has 0 radical (unpaired) electrons. The molecule has 5 nitrogen and oxygen atoms in total. The summed E-state index contributed by atoms with van der Waals surface area (Å²) in [5.74, 6) is -0.112. The van der Waals surface area contributed by atoms with E-state index in [0.29, 0.717) is 15.1 Å². The number of hydrazone groups is 2. The smallest absolute Gasteiger partial charge is 0.234 e. The summed E-state index contributed by atoms with van der Waals surface area (Å²) in [6.45, 7) is 1.54. The molecular formula is C29H20Cl2N4OS. The van der Waals surface area contributed by atoms with E-state index in [2.05, 4.69) is 12.1 Å². The summed E-state index contributed by atoms with van der Waals surface area (Å²) in [7, 11) is 0. The number of carbonyl (C=O) groups excluding carboxylic acids is 1. The molecular weight excluding hydrogens is 523 g/mol. The summed E-state index contributed by atoms with van der Waals surface area (Å²) in [6.07, 6.45) is 0. The van der Waals surface area contributed by atoms with Crippen LogP contribution in [-0.4, -0.2) is 16.5 Å². The third-order valence-electron chi connectivity index (χ3n) is 6.23. The van der Waals surface area contributed by atoms with Gasteiger partial charge in [0.05, 0.1) is 17.1 Å². The van der Waals surface area contributed by atoms with Crippen molar-refractivity contribution >= 4 is 62.9 Å². The molecule has 4 aromatic rings. The van der Waals surface area contributed by atoms with Crippen molar-refractivity contribution in [1.29, 1.82) is 0 Å². The van der Waals surface area contributed by atoms with Crippen LogP contribution in [0.15, 0.2) is 113 Å². The number of hydrogen-bond acceptors (Lipinski definition) is 6. The predicted octanol–water partition coefficient (Wildman–Crippen LogP) is 7.53. The van der Waals surface area contributed by atoms with Gasteiger partial charge in [-0.15, -0.1) is 0 Å². The maximum Gasteiger partial charge on any atom is 0.234 e. The first-order chi connectivity index (χ1) is 18.0. The fourth-order valence-corrected chi connectivity index (χ4v) is 6.09. The number of rotatable bonds is 4. The lowest BCUT2D eigenvalue weighted by Gasteiger charge is -2.47. The zero-order chi connectivity index (χ0) is 25.6. The van der Waals surface area contributed by atoms with Gasteiger partial charge in [-0.05, 0) is 60.3 Å². The first-order valence-corrected chi connectivity index (χ1v) is 13.2. The van der Waals surface area contributed by atoms with E-state index in [9.17, 15) is 4.79 Å². The van der Waals surface area contributed by atoms with Crippen LogP contribution in [0.1, 0.15) is 23.6 Å². The summed E-state index contributed by atoms with van der Waals surface area (Å²) in [5, 5.41) is 15.6. The number of thioether (sulfide) groups is 1. The minimum atomic E-state index is -0.997. The normalized spacial score (nSPS) is 18.5. The lowest BCUT2D eigenvalue weighted by atomic mass is 9.93. The minimum Gasteiger partial charge on any atom is -0.292 e. The number of carbonyl (C=O) groups is 1. The van der Waals surface area contributed by atoms with Crippen molar-refractivity contribution in [3.8, 4) is 0 Å². The van der Waals surface area contributed by atoms with E-state index in [-0.39, 0.29) is 5.78 Å². The molecule has 0 fully saturated rings. The third kappa shape index (κ3) is 4.02. The first-order valence-electron chi connectivity index (χ1n) is 11.6. The molecule has 1 atom stereocenters. The van der Waals surface area contributed by atoms with Crippen molar-refractivity contribution in [2.45, 2.75) is 11.9 Å². The SMILES string of the molecule is CC(=O)C1=NN(c2ccc(Cl)cc2)[C@@]2(S1)c1ccccc1C(c1ccc(Cl)cc1)=NN2c1ccccc1. The Balaban J connectivity index is 1.66. The van der Waals surface area contributed by atoms with Crippen LogP contribution >= 0.6 is 35.0 Å². The molecule has 0 aliphatic carbocycles. The molecule has 6 rings (SSSR count). The van der Waals surface area contributed by atoms with Gasteiger partial charge in [-0.1, -0.05) is 77.8 Å². The zero-order valence-electron chi connectivity index (χ0n) is 19.7. The lowest BCUT2D eigenvalue weighted by Crippen LogP contribution is -2.54. The number of nitrogens with zero attached hydrogens (tertiary/aromatic N) is 4. The highest BCUT2D eigenvalue weighted by Crippen LogP contribution is 2.55. The van der Waals surface area contributed by atoms with Crippen molar-refractivity contribution in [2.75, 3.05) is 10.0 Å². The Bertz CT molecular complexity index is 1560. The van der Waals surface area contributed by atoms with E-state index in [1.807, 2.05) is 101 Å². The Morgan fingerprint density at radius 2 is 1.30 bits per heavy atom. The minimum absolute atomic E-state index is 0.112. The monoisotopic (exact) mass is 542 g/mol. The molecule has 0 N–H and O–H groups in total. The van der Waals surface area contributed by atoms with Gasteiger partial charge in [0, 0.05) is 33.7 Å². The molecule has 8 heteroatoms. The van der Waals surface area contributed by atoms with Gasteiger partial charge in [0.15, 0.2) is 10.8 Å². The van der Waals surface area contributed by atoms with Crippen LogP contribution in [0.25, 0.3) is 0 Å². The van der Waals surface area contributed by atoms with Crippen molar-refractivity contribution in [3.63, 3.8) is 0 Å². The maximum atomic E-state index is 12.7. The van der Waals surface area contributed by atoms with Crippen molar-refractivity contribution in [2.24, 2.45) is 10.2 Å². The number of benzene rings is 4. The van der Waals surface area contributed by atoms with Gasteiger partial charge in [-0.3, -0.25) is 4.79 Å². The van der Waals surface area contributed by atoms with Crippen LogP contribution in [0.4, 0.5) is 11.4 Å². The average molecular weight is 543 g/mol. The van der Waals surface area contributed by atoms with Crippen LogP contribution in [0.2, 0.25) is 10.0 Å². The van der Waals surface area contributed by atoms with Crippen LogP contribution in [0, 0.1) is 0 Å². The van der Waals surface area contributed by atoms with Gasteiger partial charge in [-0.2, -0.15) is 10.2 Å². The number of para-hydroxylation sites is 1. The number of ketones is 1. The second-order valence-corrected chi connectivity index (χ2v) is 10.6. The third-order valence-corrected chi connectivity index (χ3v) is 8.14. The highest BCUT2D eigenvalue weighted by atomic mass is 35.5. The first kappa shape index (κ1) is 23.8. The second-order valence-electron chi connectivity index (χ2n) is 8.61. The zero-order valence-corrected chi connectivity index (χ0v) is 22.0. The number of hydrogen-bond donors (Lipinski definition) is 0. The van der Waals surface area contributed by atoms with Crippen LogP contribution in [0.5, 0.6) is 0 Å². The van der Waals surface area contributed by atoms with Crippen molar-refractivity contribution < 1.29 is 4.79 Å².